The Morgan fingerprint density at radius 3 is 2.68 bits per heavy atom. The Hall–Kier alpha value is -1.39. The van der Waals surface area contributed by atoms with E-state index in [2.05, 4.69) is 43.5 Å². The van der Waals surface area contributed by atoms with E-state index in [1.165, 1.54) is 18.2 Å². The van der Waals surface area contributed by atoms with Crippen molar-refractivity contribution in [3.63, 3.8) is 0 Å². The zero-order valence-corrected chi connectivity index (χ0v) is 12.0. The van der Waals surface area contributed by atoms with Crippen molar-refractivity contribution in [3.8, 4) is 0 Å². The second-order valence-electron chi connectivity index (χ2n) is 5.97. The minimum atomic E-state index is -0.292. The van der Waals surface area contributed by atoms with E-state index in [1.54, 1.807) is 0 Å². The van der Waals surface area contributed by atoms with Crippen molar-refractivity contribution in [1.29, 1.82) is 0 Å². The highest BCUT2D eigenvalue weighted by Crippen LogP contribution is 2.25. The van der Waals surface area contributed by atoms with Crippen LogP contribution in [0.5, 0.6) is 0 Å². The molecule has 0 aromatic heterocycles. The van der Waals surface area contributed by atoms with E-state index in [4.69, 9.17) is 4.74 Å². The third-order valence-corrected chi connectivity index (χ3v) is 3.22. The van der Waals surface area contributed by atoms with E-state index in [9.17, 15) is 4.79 Å². The molecule has 1 aliphatic rings. The lowest BCUT2D eigenvalue weighted by Gasteiger charge is -2.36. The fourth-order valence-corrected chi connectivity index (χ4v) is 2.42. The molecule has 0 aliphatic carbocycles. The van der Waals surface area contributed by atoms with Crippen molar-refractivity contribution in [1.82, 2.24) is 10.6 Å². The first kappa shape index (κ1) is 14.0. The molecule has 2 rings (SSSR count). The quantitative estimate of drug-likeness (QED) is 0.797. The van der Waals surface area contributed by atoms with Gasteiger partial charge in [-0.25, -0.2) is 0 Å². The van der Waals surface area contributed by atoms with Gasteiger partial charge in [-0.2, -0.15) is 0 Å². The minimum Gasteiger partial charge on any atom is -0.468 e. The summed E-state index contributed by atoms with van der Waals surface area (Å²) in [6, 6.07) is 7.91. The Labute approximate surface area is 114 Å². The zero-order valence-electron chi connectivity index (χ0n) is 12.0. The lowest BCUT2D eigenvalue weighted by molar-refractivity contribution is -0.143. The summed E-state index contributed by atoms with van der Waals surface area (Å²) >= 11 is 0. The zero-order chi connectivity index (χ0) is 14.0. The van der Waals surface area contributed by atoms with Gasteiger partial charge in [0.05, 0.1) is 13.3 Å². The molecule has 1 aromatic carbocycles. The molecule has 1 aromatic rings. The standard InChI is InChI=1S/C15H22N2O2/c1-15(2,3)17-13-11-8-6-5-7-10(11)9-12(16-13)14(18)19-4/h5-8,12-13,16-17H,9H2,1-4H3/t12-,13?/m0/s1. The summed E-state index contributed by atoms with van der Waals surface area (Å²) in [5.74, 6) is -0.213. The molecule has 0 bridgehead atoms. The molecular weight excluding hydrogens is 240 g/mol. The molecule has 0 radical (unpaired) electrons. The van der Waals surface area contributed by atoms with Gasteiger partial charge in [-0.3, -0.25) is 15.4 Å². The maximum atomic E-state index is 11.8. The first-order valence-electron chi connectivity index (χ1n) is 6.60. The normalized spacial score (nSPS) is 22.7. The molecule has 104 valence electrons. The maximum absolute atomic E-state index is 11.8. The van der Waals surface area contributed by atoms with Gasteiger partial charge in [0.2, 0.25) is 0 Å². The Kier molecular flexibility index (Phi) is 3.92. The van der Waals surface area contributed by atoms with Crippen molar-refractivity contribution in [2.75, 3.05) is 7.11 Å². The number of hydrogen-bond acceptors (Lipinski definition) is 4. The van der Waals surface area contributed by atoms with Gasteiger partial charge in [0, 0.05) is 5.54 Å². The number of methoxy groups -OCH3 is 1. The average molecular weight is 262 g/mol. The fraction of sp³-hybridized carbons (Fsp3) is 0.533. The lowest BCUT2D eigenvalue weighted by Crippen LogP contribution is -2.53. The minimum absolute atomic E-state index is 0.0333. The van der Waals surface area contributed by atoms with Crippen molar-refractivity contribution >= 4 is 5.97 Å². The molecule has 2 N–H and O–H groups in total. The SMILES string of the molecule is COC(=O)[C@@H]1Cc2ccccc2C(NC(C)(C)C)N1. The van der Waals surface area contributed by atoms with E-state index in [0.717, 1.165) is 0 Å². The highest BCUT2D eigenvalue weighted by molar-refractivity contribution is 5.76. The fourth-order valence-electron chi connectivity index (χ4n) is 2.42. The number of hydrogen-bond donors (Lipinski definition) is 2. The van der Waals surface area contributed by atoms with Gasteiger partial charge in [0.25, 0.3) is 0 Å². The van der Waals surface area contributed by atoms with Crippen LogP contribution in [0.1, 0.15) is 38.1 Å². The van der Waals surface area contributed by atoms with E-state index >= 15 is 0 Å². The Bertz CT molecular complexity index is 465. The van der Waals surface area contributed by atoms with E-state index in [0.29, 0.717) is 6.42 Å². The highest BCUT2D eigenvalue weighted by Gasteiger charge is 2.32. The summed E-state index contributed by atoms with van der Waals surface area (Å²) in [5.41, 5.74) is 2.36. The molecule has 4 heteroatoms. The third-order valence-electron chi connectivity index (χ3n) is 3.22. The van der Waals surface area contributed by atoms with E-state index < -0.39 is 0 Å². The molecule has 19 heavy (non-hydrogen) atoms. The number of carbonyl (C=O) groups excluding carboxylic acids is 1. The second-order valence-corrected chi connectivity index (χ2v) is 5.97. The summed E-state index contributed by atoms with van der Waals surface area (Å²) in [7, 11) is 1.43. The molecule has 2 atom stereocenters. The number of nitrogens with one attached hydrogen (secondary N) is 2. The van der Waals surface area contributed by atoms with Gasteiger partial charge in [0.15, 0.2) is 0 Å². The Morgan fingerprint density at radius 2 is 2.05 bits per heavy atom. The molecule has 0 saturated heterocycles. The smallest absolute Gasteiger partial charge is 0.323 e. The predicted octanol–water partition coefficient (Wildman–Crippen LogP) is 1.76. The monoisotopic (exact) mass is 262 g/mol. The maximum Gasteiger partial charge on any atom is 0.323 e. The van der Waals surface area contributed by atoms with Crippen LogP contribution in [0.2, 0.25) is 0 Å². The second kappa shape index (κ2) is 5.31. The summed E-state index contributed by atoms with van der Waals surface area (Å²) in [6.07, 6.45) is 0.639. The molecule has 4 nitrogen and oxygen atoms in total. The Balaban J connectivity index is 2.28. The average Bonchev–Trinajstić information content (AvgIpc) is 2.36. The lowest BCUT2D eigenvalue weighted by atomic mass is 9.92. The van der Waals surface area contributed by atoms with Crippen LogP contribution >= 0.6 is 0 Å². The van der Waals surface area contributed by atoms with Gasteiger partial charge < -0.3 is 4.74 Å². The summed E-state index contributed by atoms with van der Waals surface area (Å²) in [4.78, 5) is 11.8. The summed E-state index contributed by atoms with van der Waals surface area (Å²) < 4.78 is 4.85. The third kappa shape index (κ3) is 3.33. The molecule has 1 unspecified atom stereocenters. The molecule has 0 fully saturated rings. The van der Waals surface area contributed by atoms with E-state index in [-0.39, 0.29) is 23.7 Å². The van der Waals surface area contributed by atoms with E-state index in [1.807, 2.05) is 12.1 Å². The van der Waals surface area contributed by atoms with Crippen LogP contribution in [0.15, 0.2) is 24.3 Å². The van der Waals surface area contributed by atoms with Gasteiger partial charge in [-0.1, -0.05) is 24.3 Å². The number of fused-ring (bicyclic) bond motifs is 1. The number of esters is 1. The number of carbonyl (C=O) groups is 1. The molecular formula is C15H22N2O2. The first-order chi connectivity index (χ1) is 8.90. The first-order valence-corrected chi connectivity index (χ1v) is 6.60. The van der Waals surface area contributed by atoms with Crippen molar-refractivity contribution in [2.45, 2.75) is 44.9 Å². The van der Waals surface area contributed by atoms with Crippen molar-refractivity contribution in [3.05, 3.63) is 35.4 Å². The number of ether oxygens (including phenoxy) is 1. The van der Waals surface area contributed by atoms with Crippen LogP contribution in [0.25, 0.3) is 0 Å². The molecule has 1 aliphatic heterocycles. The summed E-state index contributed by atoms with van der Waals surface area (Å²) in [6.45, 7) is 6.33. The topological polar surface area (TPSA) is 50.4 Å². The van der Waals surface area contributed by atoms with Crippen LogP contribution < -0.4 is 10.6 Å². The molecule has 1 heterocycles. The number of rotatable bonds is 2. The van der Waals surface area contributed by atoms with Gasteiger partial charge >= 0.3 is 5.97 Å². The predicted molar refractivity (Wildman–Crippen MR) is 74.7 cm³/mol. The van der Waals surface area contributed by atoms with Crippen molar-refractivity contribution < 1.29 is 9.53 Å². The molecule has 0 amide bonds. The molecule has 0 spiro atoms. The van der Waals surface area contributed by atoms with Crippen LogP contribution in [0.3, 0.4) is 0 Å². The molecule has 0 saturated carbocycles. The Morgan fingerprint density at radius 1 is 1.37 bits per heavy atom. The van der Waals surface area contributed by atoms with Crippen LogP contribution in [-0.2, 0) is 16.0 Å². The highest BCUT2D eigenvalue weighted by atomic mass is 16.5. The van der Waals surface area contributed by atoms with Crippen molar-refractivity contribution in [2.24, 2.45) is 0 Å². The van der Waals surface area contributed by atoms with Crippen LogP contribution in [0.4, 0.5) is 0 Å². The largest absolute Gasteiger partial charge is 0.468 e. The van der Waals surface area contributed by atoms with Crippen LogP contribution in [-0.4, -0.2) is 24.7 Å². The van der Waals surface area contributed by atoms with Gasteiger partial charge in [-0.05, 0) is 38.3 Å². The van der Waals surface area contributed by atoms with Gasteiger partial charge in [-0.15, -0.1) is 0 Å². The van der Waals surface area contributed by atoms with Crippen LogP contribution in [0, 0.1) is 0 Å². The summed E-state index contributed by atoms with van der Waals surface area (Å²) in [5, 5.41) is 6.84. The van der Waals surface area contributed by atoms with Gasteiger partial charge in [0.1, 0.15) is 6.04 Å². The number of benzene rings is 1.